The number of nitrogens with zero attached hydrogens (tertiary/aromatic N) is 1. The molecule has 23 heavy (non-hydrogen) atoms. The van der Waals surface area contributed by atoms with Crippen molar-refractivity contribution in [3.8, 4) is 5.75 Å². The molecule has 4 nitrogen and oxygen atoms in total. The molecular weight excluding hydrogens is 361 g/mol. The maximum absolute atomic E-state index is 13.8. The Kier molecular flexibility index (Phi) is 5.98. The third kappa shape index (κ3) is 5.25. The number of phenols is 1. The molecule has 0 aliphatic carbocycles. The van der Waals surface area contributed by atoms with Crippen molar-refractivity contribution in [3.63, 3.8) is 0 Å². The Hall–Kier alpha value is -2.08. The van der Waals surface area contributed by atoms with Crippen LogP contribution in [0.4, 0.5) is 10.1 Å². The number of nitrogens with one attached hydrogen (secondary N) is 2. The maximum Gasteiger partial charge on any atom is 0.196 e. The highest BCUT2D eigenvalue weighted by atomic mass is 79.9. The maximum atomic E-state index is 13.8. The number of aromatic hydroxyl groups is 1. The molecule has 0 aliphatic heterocycles. The normalized spacial score (nSPS) is 11.6. The highest BCUT2D eigenvalue weighted by Crippen LogP contribution is 2.21. The Balaban J connectivity index is 2.20. The van der Waals surface area contributed by atoms with Crippen molar-refractivity contribution < 1.29 is 9.50 Å². The first-order chi connectivity index (χ1) is 11.0. The number of aliphatic imine (C=N–C) groups is 1. The summed E-state index contributed by atoms with van der Waals surface area (Å²) >= 11 is 3.33. The number of anilines is 1. The SMILES string of the molecule is CC(C)NC(=NCc1cc(Br)ccc1F)Nc1ccccc1O. The predicted octanol–water partition coefficient (Wildman–Crippen LogP) is 4.26. The van der Waals surface area contributed by atoms with Gasteiger partial charge in [0.15, 0.2) is 5.96 Å². The van der Waals surface area contributed by atoms with Crippen molar-refractivity contribution in [2.75, 3.05) is 5.32 Å². The fraction of sp³-hybridized carbons (Fsp3) is 0.235. The van der Waals surface area contributed by atoms with Crippen LogP contribution < -0.4 is 10.6 Å². The van der Waals surface area contributed by atoms with E-state index in [4.69, 9.17) is 0 Å². The molecule has 0 heterocycles. The van der Waals surface area contributed by atoms with Crippen LogP contribution in [0.25, 0.3) is 0 Å². The van der Waals surface area contributed by atoms with Gasteiger partial charge in [-0.25, -0.2) is 9.38 Å². The Morgan fingerprint density at radius 3 is 2.70 bits per heavy atom. The number of benzene rings is 2. The Morgan fingerprint density at radius 2 is 2.00 bits per heavy atom. The number of halogens is 2. The number of phenolic OH excluding ortho intramolecular Hbond substituents is 1. The second kappa shape index (κ2) is 7.97. The molecule has 0 spiro atoms. The van der Waals surface area contributed by atoms with E-state index in [1.807, 2.05) is 19.9 Å². The minimum Gasteiger partial charge on any atom is -0.506 e. The number of rotatable bonds is 4. The van der Waals surface area contributed by atoms with E-state index < -0.39 is 0 Å². The first kappa shape index (κ1) is 17.3. The summed E-state index contributed by atoms with van der Waals surface area (Å²) in [6, 6.07) is 11.8. The summed E-state index contributed by atoms with van der Waals surface area (Å²) in [6.07, 6.45) is 0. The molecule has 0 aliphatic rings. The van der Waals surface area contributed by atoms with Gasteiger partial charge in [-0.15, -0.1) is 0 Å². The van der Waals surface area contributed by atoms with Gasteiger partial charge in [-0.05, 0) is 44.2 Å². The molecule has 6 heteroatoms. The first-order valence-electron chi connectivity index (χ1n) is 7.25. The van der Waals surface area contributed by atoms with Crippen molar-refractivity contribution in [2.45, 2.75) is 26.4 Å². The predicted molar refractivity (Wildman–Crippen MR) is 95.2 cm³/mol. The summed E-state index contributed by atoms with van der Waals surface area (Å²) in [4.78, 5) is 4.39. The Morgan fingerprint density at radius 1 is 1.26 bits per heavy atom. The van der Waals surface area contributed by atoms with Crippen molar-refractivity contribution in [1.29, 1.82) is 0 Å². The Bertz CT molecular complexity index is 704. The average Bonchev–Trinajstić information content (AvgIpc) is 2.49. The van der Waals surface area contributed by atoms with E-state index in [1.165, 1.54) is 6.07 Å². The van der Waals surface area contributed by atoms with E-state index >= 15 is 0 Å². The fourth-order valence-electron chi connectivity index (χ4n) is 1.93. The molecule has 0 unspecified atom stereocenters. The molecule has 2 rings (SSSR count). The zero-order chi connectivity index (χ0) is 16.8. The summed E-state index contributed by atoms with van der Waals surface area (Å²) in [5.74, 6) is 0.295. The van der Waals surface area contributed by atoms with Crippen LogP contribution >= 0.6 is 15.9 Å². The van der Waals surface area contributed by atoms with Crippen LogP contribution in [0, 0.1) is 5.82 Å². The Labute approximate surface area is 143 Å². The standard InChI is InChI=1S/C17H19BrFN3O/c1-11(2)21-17(22-15-5-3-4-6-16(15)23)20-10-12-9-13(18)7-8-14(12)19/h3-9,11,23H,10H2,1-2H3,(H2,20,21,22). The van der Waals surface area contributed by atoms with Gasteiger partial charge in [0.2, 0.25) is 0 Å². The van der Waals surface area contributed by atoms with Crippen LogP contribution in [0.2, 0.25) is 0 Å². The van der Waals surface area contributed by atoms with Gasteiger partial charge >= 0.3 is 0 Å². The largest absolute Gasteiger partial charge is 0.506 e. The third-order valence-electron chi connectivity index (χ3n) is 3.00. The van der Waals surface area contributed by atoms with Crippen LogP contribution in [-0.2, 0) is 6.54 Å². The van der Waals surface area contributed by atoms with E-state index in [-0.39, 0.29) is 24.2 Å². The molecule has 0 saturated heterocycles. The molecule has 0 amide bonds. The van der Waals surface area contributed by atoms with Crippen LogP contribution in [0.15, 0.2) is 51.9 Å². The average molecular weight is 380 g/mol. The highest BCUT2D eigenvalue weighted by molar-refractivity contribution is 9.10. The quantitative estimate of drug-likeness (QED) is 0.422. The zero-order valence-corrected chi connectivity index (χ0v) is 14.6. The summed E-state index contributed by atoms with van der Waals surface area (Å²) in [5.41, 5.74) is 1.02. The molecule has 3 N–H and O–H groups in total. The van der Waals surface area contributed by atoms with Crippen molar-refractivity contribution in [1.82, 2.24) is 5.32 Å². The molecule has 0 aromatic heterocycles. The molecular formula is C17H19BrFN3O. The van der Waals surface area contributed by atoms with Gasteiger partial charge in [0.1, 0.15) is 11.6 Å². The summed E-state index contributed by atoms with van der Waals surface area (Å²) in [7, 11) is 0. The zero-order valence-electron chi connectivity index (χ0n) is 13.0. The first-order valence-corrected chi connectivity index (χ1v) is 8.05. The topological polar surface area (TPSA) is 56.7 Å². The second-order valence-corrected chi connectivity index (χ2v) is 6.26. The van der Waals surface area contributed by atoms with E-state index in [2.05, 4.69) is 31.6 Å². The van der Waals surface area contributed by atoms with Gasteiger partial charge in [0.25, 0.3) is 0 Å². The van der Waals surface area contributed by atoms with Crippen LogP contribution in [-0.4, -0.2) is 17.1 Å². The van der Waals surface area contributed by atoms with Crippen molar-refractivity contribution in [3.05, 3.63) is 58.3 Å². The van der Waals surface area contributed by atoms with Gasteiger partial charge in [-0.2, -0.15) is 0 Å². The number of hydrogen-bond acceptors (Lipinski definition) is 2. The lowest BCUT2D eigenvalue weighted by atomic mass is 10.2. The molecule has 2 aromatic rings. The van der Waals surface area contributed by atoms with Gasteiger partial charge in [0.05, 0.1) is 12.2 Å². The molecule has 0 bridgehead atoms. The lowest BCUT2D eigenvalue weighted by molar-refractivity contribution is 0.478. The van der Waals surface area contributed by atoms with E-state index in [9.17, 15) is 9.50 Å². The van der Waals surface area contributed by atoms with Gasteiger partial charge in [0, 0.05) is 16.1 Å². The lowest BCUT2D eigenvalue weighted by Gasteiger charge is -2.16. The van der Waals surface area contributed by atoms with Gasteiger partial charge in [-0.3, -0.25) is 0 Å². The summed E-state index contributed by atoms with van der Waals surface area (Å²) in [5, 5.41) is 16.0. The van der Waals surface area contributed by atoms with Gasteiger partial charge < -0.3 is 15.7 Å². The van der Waals surface area contributed by atoms with E-state index in [0.717, 1.165) is 4.47 Å². The second-order valence-electron chi connectivity index (χ2n) is 5.34. The molecule has 2 aromatic carbocycles. The van der Waals surface area contributed by atoms with E-state index in [0.29, 0.717) is 17.2 Å². The molecule has 0 saturated carbocycles. The summed E-state index contributed by atoms with van der Waals surface area (Å²) in [6.45, 7) is 4.13. The number of guanidine groups is 1. The fourth-order valence-corrected chi connectivity index (χ4v) is 2.34. The molecule has 0 atom stereocenters. The van der Waals surface area contributed by atoms with Crippen LogP contribution in [0.5, 0.6) is 5.75 Å². The molecule has 0 fully saturated rings. The highest BCUT2D eigenvalue weighted by Gasteiger charge is 2.07. The van der Waals surface area contributed by atoms with E-state index in [1.54, 1.807) is 30.3 Å². The lowest BCUT2D eigenvalue weighted by Crippen LogP contribution is -2.36. The monoisotopic (exact) mass is 379 g/mol. The molecule has 122 valence electrons. The number of hydrogen-bond donors (Lipinski definition) is 3. The minimum atomic E-state index is -0.302. The van der Waals surface area contributed by atoms with Crippen molar-refractivity contribution >= 4 is 27.6 Å². The van der Waals surface area contributed by atoms with Crippen molar-refractivity contribution in [2.24, 2.45) is 4.99 Å². The third-order valence-corrected chi connectivity index (χ3v) is 3.49. The number of para-hydroxylation sites is 2. The van der Waals surface area contributed by atoms with Gasteiger partial charge in [-0.1, -0.05) is 28.1 Å². The minimum absolute atomic E-state index is 0.124. The summed E-state index contributed by atoms with van der Waals surface area (Å²) < 4.78 is 14.6. The van der Waals surface area contributed by atoms with Crippen LogP contribution in [0.1, 0.15) is 19.4 Å². The smallest absolute Gasteiger partial charge is 0.196 e. The molecule has 0 radical (unpaired) electrons. The van der Waals surface area contributed by atoms with Crippen LogP contribution in [0.3, 0.4) is 0 Å².